The molecule has 3 rings (SSSR count). The molecule has 0 radical (unpaired) electrons. The largest absolute Gasteiger partial charge is 0.338 e. The third-order valence-electron chi connectivity index (χ3n) is 5.35. The number of aryl methyl sites for hydroxylation is 2. The molecule has 172 valence electrons. The lowest BCUT2D eigenvalue weighted by Crippen LogP contribution is -2.37. The molecule has 6 heteroatoms. The van der Waals surface area contributed by atoms with Crippen LogP contribution in [0.4, 0.5) is 11.6 Å². The van der Waals surface area contributed by atoms with E-state index in [9.17, 15) is 4.79 Å². The average Bonchev–Trinajstić information content (AvgIpc) is 3.08. The Morgan fingerprint density at radius 3 is 2.31 bits per heavy atom. The van der Waals surface area contributed by atoms with E-state index in [0.717, 1.165) is 48.7 Å². The number of nitrogens with two attached hydrogens (primary N) is 1. The van der Waals surface area contributed by atoms with E-state index in [1.165, 1.54) is 5.56 Å². The van der Waals surface area contributed by atoms with Crippen LogP contribution in [0.1, 0.15) is 50.0 Å². The van der Waals surface area contributed by atoms with Crippen molar-refractivity contribution in [1.82, 2.24) is 14.5 Å². The van der Waals surface area contributed by atoms with Crippen molar-refractivity contribution in [2.75, 3.05) is 25.0 Å². The summed E-state index contributed by atoms with van der Waals surface area (Å²) in [4.78, 5) is 20.2. The van der Waals surface area contributed by atoms with Gasteiger partial charge in [0, 0.05) is 30.9 Å². The van der Waals surface area contributed by atoms with E-state index in [0.29, 0.717) is 23.9 Å². The Labute approximate surface area is 191 Å². The average molecular weight is 436 g/mol. The van der Waals surface area contributed by atoms with Gasteiger partial charge < -0.3 is 20.5 Å². The molecule has 0 bridgehead atoms. The zero-order valence-electron chi connectivity index (χ0n) is 20.1. The minimum Gasteiger partial charge on any atom is -0.338 e. The van der Waals surface area contributed by atoms with E-state index in [4.69, 9.17) is 10.7 Å². The number of carbonyl (C=O) groups is 1. The van der Waals surface area contributed by atoms with E-state index in [1.807, 2.05) is 35.2 Å². The summed E-state index contributed by atoms with van der Waals surface area (Å²) in [5.74, 6) is 1.68. The summed E-state index contributed by atoms with van der Waals surface area (Å²) in [5, 5.41) is 3.44. The Hall–Kier alpha value is -2.86. The summed E-state index contributed by atoms with van der Waals surface area (Å²) >= 11 is 0. The fourth-order valence-electron chi connectivity index (χ4n) is 3.90. The zero-order valence-corrected chi connectivity index (χ0v) is 20.1. The number of nitrogens with one attached hydrogen (secondary N) is 1. The van der Waals surface area contributed by atoms with Crippen molar-refractivity contribution in [2.45, 2.75) is 47.6 Å². The van der Waals surface area contributed by atoms with Gasteiger partial charge in [0.2, 0.25) is 5.95 Å². The number of hydrogen-bond donors (Lipinski definition) is 2. The molecule has 0 fully saturated rings. The van der Waals surface area contributed by atoms with Crippen molar-refractivity contribution in [2.24, 2.45) is 17.6 Å². The number of aromatic nitrogens is 2. The number of imidazole rings is 1. The summed E-state index contributed by atoms with van der Waals surface area (Å²) in [6, 6.07) is 14.1. The van der Waals surface area contributed by atoms with Crippen molar-refractivity contribution in [3.8, 4) is 0 Å². The second-order valence-electron chi connectivity index (χ2n) is 9.42. The van der Waals surface area contributed by atoms with Gasteiger partial charge in [0.1, 0.15) is 0 Å². The highest BCUT2D eigenvalue weighted by atomic mass is 16.2. The number of anilines is 2. The number of fused-ring (bicyclic) bond motifs is 1. The van der Waals surface area contributed by atoms with Crippen molar-refractivity contribution >= 4 is 28.6 Å². The minimum absolute atomic E-state index is 0.0777. The molecule has 1 aromatic heterocycles. The third kappa shape index (κ3) is 5.88. The molecule has 0 unspecified atom stereocenters. The first-order chi connectivity index (χ1) is 15.3. The van der Waals surface area contributed by atoms with Crippen LogP contribution in [0.3, 0.4) is 0 Å². The van der Waals surface area contributed by atoms with Crippen LogP contribution in [0.5, 0.6) is 0 Å². The highest BCUT2D eigenvalue weighted by molar-refractivity contribution is 5.98. The third-order valence-corrected chi connectivity index (χ3v) is 5.35. The highest BCUT2D eigenvalue weighted by Crippen LogP contribution is 2.25. The van der Waals surface area contributed by atoms with Crippen molar-refractivity contribution in [3.05, 3.63) is 53.6 Å². The van der Waals surface area contributed by atoms with Crippen LogP contribution in [-0.2, 0) is 6.54 Å². The van der Waals surface area contributed by atoms with E-state index < -0.39 is 0 Å². The molecule has 3 aromatic rings. The van der Waals surface area contributed by atoms with Gasteiger partial charge >= 0.3 is 0 Å². The standard InChI is InChI=1S/C26H37N5O/c1-18(2)16-30(17-19(3)4)25(32)21-9-12-23-24(15-21)31(14-6-13-27)26(29-23)28-22-10-7-20(5)8-11-22/h7-12,15,18-19H,6,13-14,16-17,27H2,1-5H3,(H,28,29). The number of hydrogen-bond acceptors (Lipinski definition) is 4. The molecule has 32 heavy (non-hydrogen) atoms. The molecule has 0 aliphatic rings. The summed E-state index contributed by atoms with van der Waals surface area (Å²) in [5.41, 5.74) is 10.5. The summed E-state index contributed by atoms with van der Waals surface area (Å²) in [7, 11) is 0. The summed E-state index contributed by atoms with van der Waals surface area (Å²) in [6.07, 6.45) is 0.832. The molecule has 0 atom stereocenters. The molecular formula is C26H37N5O. The fraction of sp³-hybridized carbons (Fsp3) is 0.462. The van der Waals surface area contributed by atoms with Crippen molar-refractivity contribution in [3.63, 3.8) is 0 Å². The molecule has 0 saturated carbocycles. The Morgan fingerprint density at radius 1 is 1.06 bits per heavy atom. The van der Waals surface area contributed by atoms with Crippen LogP contribution in [0, 0.1) is 18.8 Å². The van der Waals surface area contributed by atoms with Gasteiger partial charge in [-0.05, 0) is 62.1 Å². The predicted octanol–water partition coefficient (Wildman–Crippen LogP) is 5.19. The van der Waals surface area contributed by atoms with E-state index in [-0.39, 0.29) is 5.91 Å². The quantitative estimate of drug-likeness (QED) is 0.459. The van der Waals surface area contributed by atoms with Gasteiger partial charge in [-0.2, -0.15) is 0 Å². The van der Waals surface area contributed by atoms with E-state index >= 15 is 0 Å². The normalized spacial score (nSPS) is 11.5. The van der Waals surface area contributed by atoms with Crippen LogP contribution >= 0.6 is 0 Å². The maximum absolute atomic E-state index is 13.4. The van der Waals surface area contributed by atoms with Gasteiger partial charge in [-0.15, -0.1) is 0 Å². The number of carbonyl (C=O) groups excluding carboxylic acids is 1. The van der Waals surface area contributed by atoms with Crippen LogP contribution < -0.4 is 11.1 Å². The van der Waals surface area contributed by atoms with Crippen molar-refractivity contribution < 1.29 is 4.79 Å². The van der Waals surface area contributed by atoms with Gasteiger partial charge in [-0.3, -0.25) is 4.79 Å². The topological polar surface area (TPSA) is 76.2 Å². The molecule has 0 aliphatic heterocycles. The summed E-state index contributed by atoms with van der Waals surface area (Å²) < 4.78 is 2.13. The lowest BCUT2D eigenvalue weighted by molar-refractivity contribution is 0.0715. The number of rotatable bonds is 10. The number of amides is 1. The molecular weight excluding hydrogens is 398 g/mol. The first-order valence-corrected chi connectivity index (χ1v) is 11.6. The lowest BCUT2D eigenvalue weighted by atomic mass is 10.1. The highest BCUT2D eigenvalue weighted by Gasteiger charge is 2.20. The predicted molar refractivity (Wildman–Crippen MR) is 133 cm³/mol. The van der Waals surface area contributed by atoms with E-state index in [1.54, 1.807) is 0 Å². The maximum atomic E-state index is 13.4. The maximum Gasteiger partial charge on any atom is 0.253 e. The molecule has 0 aliphatic carbocycles. The number of benzene rings is 2. The Morgan fingerprint density at radius 2 is 1.72 bits per heavy atom. The van der Waals surface area contributed by atoms with Gasteiger partial charge in [0.25, 0.3) is 5.91 Å². The molecule has 2 aromatic carbocycles. The Kier molecular flexibility index (Phi) is 7.91. The van der Waals surface area contributed by atoms with Gasteiger partial charge in [-0.25, -0.2) is 4.98 Å². The first-order valence-electron chi connectivity index (χ1n) is 11.6. The first kappa shape index (κ1) is 23.8. The second-order valence-corrected chi connectivity index (χ2v) is 9.42. The molecule has 1 amide bonds. The van der Waals surface area contributed by atoms with Crippen LogP contribution in [-0.4, -0.2) is 40.0 Å². The van der Waals surface area contributed by atoms with Gasteiger partial charge in [-0.1, -0.05) is 45.4 Å². The van der Waals surface area contributed by atoms with Crippen molar-refractivity contribution in [1.29, 1.82) is 0 Å². The zero-order chi connectivity index (χ0) is 23.3. The van der Waals surface area contributed by atoms with Crippen LogP contribution in [0.2, 0.25) is 0 Å². The summed E-state index contributed by atoms with van der Waals surface area (Å²) in [6.45, 7) is 13.5. The molecule has 1 heterocycles. The van der Waals surface area contributed by atoms with Gasteiger partial charge in [0.15, 0.2) is 0 Å². The minimum atomic E-state index is 0.0777. The molecule has 0 spiro atoms. The molecule has 3 N–H and O–H groups in total. The van der Waals surface area contributed by atoms with Crippen LogP contribution in [0.15, 0.2) is 42.5 Å². The van der Waals surface area contributed by atoms with Crippen LogP contribution in [0.25, 0.3) is 11.0 Å². The Balaban J connectivity index is 1.98. The van der Waals surface area contributed by atoms with E-state index in [2.05, 4.69) is 56.6 Å². The number of nitrogens with zero attached hydrogens (tertiary/aromatic N) is 3. The lowest BCUT2D eigenvalue weighted by Gasteiger charge is -2.26. The SMILES string of the molecule is Cc1ccc(Nc2nc3ccc(C(=O)N(CC(C)C)CC(C)C)cc3n2CCCN)cc1. The smallest absolute Gasteiger partial charge is 0.253 e. The second kappa shape index (κ2) is 10.6. The molecule has 0 saturated heterocycles. The monoisotopic (exact) mass is 435 g/mol. The van der Waals surface area contributed by atoms with Gasteiger partial charge in [0.05, 0.1) is 11.0 Å². The Bertz CT molecular complexity index is 1030. The molecule has 6 nitrogen and oxygen atoms in total. The fourth-order valence-corrected chi connectivity index (χ4v) is 3.90.